The maximum atomic E-state index is 12.0. The summed E-state index contributed by atoms with van der Waals surface area (Å²) in [6, 6.07) is 5.84. The molecule has 2 N–H and O–H groups in total. The Kier molecular flexibility index (Phi) is 2.22. The lowest BCUT2D eigenvalue weighted by Gasteiger charge is -2.05. The Morgan fingerprint density at radius 1 is 1.17 bits per heavy atom. The minimum absolute atomic E-state index is 0.212. The van der Waals surface area contributed by atoms with Crippen molar-refractivity contribution in [2.24, 2.45) is 0 Å². The van der Waals surface area contributed by atoms with Crippen LogP contribution in [0, 0.1) is 13.8 Å². The van der Waals surface area contributed by atoms with E-state index in [1.807, 2.05) is 26.0 Å². The molecule has 3 rings (SSSR count). The predicted octanol–water partition coefficient (Wildman–Crippen LogP) is 1.33. The molecule has 0 aliphatic heterocycles. The van der Waals surface area contributed by atoms with Crippen molar-refractivity contribution in [2.75, 3.05) is 0 Å². The number of benzene rings is 1. The molecule has 2 aromatic heterocycles. The summed E-state index contributed by atoms with van der Waals surface area (Å²) >= 11 is 0. The summed E-state index contributed by atoms with van der Waals surface area (Å²) in [5, 5.41) is 14.4. The molecule has 90 valence electrons. The third kappa shape index (κ3) is 1.58. The maximum absolute atomic E-state index is 12.0. The maximum Gasteiger partial charge on any atom is 0.259 e. The number of aromatic amines is 2. The van der Waals surface area contributed by atoms with Gasteiger partial charge in [0.25, 0.3) is 5.56 Å². The molecule has 6 nitrogen and oxygen atoms in total. The van der Waals surface area contributed by atoms with E-state index in [1.54, 1.807) is 6.07 Å². The Bertz CT molecular complexity index is 773. The molecule has 0 unspecified atom stereocenters. The zero-order valence-electron chi connectivity index (χ0n) is 9.98. The molecule has 0 saturated heterocycles. The Morgan fingerprint density at radius 2 is 2.00 bits per heavy atom. The van der Waals surface area contributed by atoms with Crippen LogP contribution in [-0.2, 0) is 0 Å². The number of hydrogen-bond acceptors (Lipinski definition) is 4. The van der Waals surface area contributed by atoms with E-state index in [-0.39, 0.29) is 5.56 Å². The van der Waals surface area contributed by atoms with Gasteiger partial charge in [-0.2, -0.15) is 5.21 Å². The molecule has 0 aliphatic carbocycles. The van der Waals surface area contributed by atoms with E-state index in [2.05, 4.69) is 25.6 Å². The first-order valence-corrected chi connectivity index (χ1v) is 5.53. The average Bonchev–Trinajstić information content (AvgIpc) is 2.83. The lowest BCUT2D eigenvalue weighted by molar-refractivity contribution is 0.881. The summed E-state index contributed by atoms with van der Waals surface area (Å²) < 4.78 is 0. The third-order valence-corrected chi connectivity index (χ3v) is 2.88. The summed E-state index contributed by atoms with van der Waals surface area (Å²) in [6.45, 7) is 3.99. The van der Waals surface area contributed by atoms with Crippen molar-refractivity contribution in [2.45, 2.75) is 13.8 Å². The van der Waals surface area contributed by atoms with Crippen molar-refractivity contribution in [3.8, 4) is 11.4 Å². The van der Waals surface area contributed by atoms with Gasteiger partial charge in [0.15, 0.2) is 0 Å². The average molecular weight is 241 g/mol. The van der Waals surface area contributed by atoms with Gasteiger partial charge in [0, 0.05) is 0 Å². The molecule has 3 aromatic rings. The summed E-state index contributed by atoms with van der Waals surface area (Å²) in [6.07, 6.45) is 0. The van der Waals surface area contributed by atoms with Gasteiger partial charge in [-0.05, 0) is 42.1 Å². The van der Waals surface area contributed by atoms with Crippen molar-refractivity contribution in [3.63, 3.8) is 0 Å². The molecule has 18 heavy (non-hydrogen) atoms. The number of aromatic nitrogens is 5. The van der Waals surface area contributed by atoms with Gasteiger partial charge in [-0.3, -0.25) is 4.79 Å². The number of aryl methyl sites for hydroxylation is 2. The fourth-order valence-corrected chi connectivity index (χ4v) is 2.13. The number of nitrogens with one attached hydrogen (secondary N) is 2. The van der Waals surface area contributed by atoms with E-state index in [0.717, 1.165) is 22.0 Å². The Labute approximate surface area is 102 Å². The molecule has 2 heterocycles. The summed E-state index contributed by atoms with van der Waals surface area (Å²) in [7, 11) is 0. The van der Waals surface area contributed by atoms with Gasteiger partial charge < -0.3 is 4.98 Å². The molecule has 0 radical (unpaired) electrons. The zero-order chi connectivity index (χ0) is 12.7. The Balaban J connectivity index is 2.37. The number of fused-ring (bicyclic) bond motifs is 1. The molecule has 0 atom stereocenters. The summed E-state index contributed by atoms with van der Waals surface area (Å²) in [5.74, 6) is 0.303. The standard InChI is InChI=1S/C12H11N5O/c1-6-3-7(2)10-8(4-6)5-9(12(18)13-10)11-14-16-17-15-11/h3-5H,1-2H3,(H,13,18)(H,14,15,16,17). The molecule has 0 fully saturated rings. The van der Waals surface area contributed by atoms with E-state index in [9.17, 15) is 4.79 Å². The zero-order valence-corrected chi connectivity index (χ0v) is 9.98. The number of nitrogens with zero attached hydrogens (tertiary/aromatic N) is 3. The summed E-state index contributed by atoms with van der Waals surface area (Å²) in [4.78, 5) is 14.9. The van der Waals surface area contributed by atoms with Gasteiger partial charge in [-0.25, -0.2) is 0 Å². The van der Waals surface area contributed by atoms with E-state index >= 15 is 0 Å². The highest BCUT2D eigenvalue weighted by atomic mass is 16.1. The van der Waals surface area contributed by atoms with E-state index in [0.29, 0.717) is 11.4 Å². The molecule has 0 spiro atoms. The van der Waals surface area contributed by atoms with Crippen LogP contribution < -0.4 is 5.56 Å². The van der Waals surface area contributed by atoms with Crippen LogP contribution in [0.5, 0.6) is 0 Å². The molecule has 0 bridgehead atoms. The number of pyridine rings is 1. The van der Waals surface area contributed by atoms with Crippen LogP contribution >= 0.6 is 0 Å². The van der Waals surface area contributed by atoms with Crippen LogP contribution in [0.2, 0.25) is 0 Å². The topological polar surface area (TPSA) is 87.3 Å². The number of H-pyrrole nitrogens is 2. The first kappa shape index (κ1) is 10.6. The van der Waals surface area contributed by atoms with E-state index < -0.39 is 0 Å². The quantitative estimate of drug-likeness (QED) is 0.672. The highest BCUT2D eigenvalue weighted by Crippen LogP contribution is 2.20. The Morgan fingerprint density at radius 3 is 2.72 bits per heavy atom. The molecule has 0 amide bonds. The SMILES string of the molecule is Cc1cc(C)c2[nH]c(=O)c(-c3nn[nH]n3)cc2c1. The number of hydrogen-bond donors (Lipinski definition) is 2. The molecule has 1 aromatic carbocycles. The molecular formula is C12H11N5O. The van der Waals surface area contributed by atoms with Gasteiger partial charge in [-0.1, -0.05) is 11.6 Å². The lowest BCUT2D eigenvalue weighted by atomic mass is 10.1. The second-order valence-electron chi connectivity index (χ2n) is 4.29. The second-order valence-corrected chi connectivity index (χ2v) is 4.29. The van der Waals surface area contributed by atoms with Crippen LogP contribution in [0.15, 0.2) is 23.0 Å². The van der Waals surface area contributed by atoms with Gasteiger partial charge in [-0.15, -0.1) is 10.2 Å². The van der Waals surface area contributed by atoms with Crippen molar-refractivity contribution < 1.29 is 0 Å². The monoisotopic (exact) mass is 241 g/mol. The van der Waals surface area contributed by atoms with Gasteiger partial charge in [0.05, 0.1) is 11.1 Å². The van der Waals surface area contributed by atoms with Crippen molar-refractivity contribution >= 4 is 10.9 Å². The Hall–Kier alpha value is -2.50. The van der Waals surface area contributed by atoms with E-state index in [4.69, 9.17) is 0 Å². The van der Waals surface area contributed by atoms with Gasteiger partial charge >= 0.3 is 0 Å². The molecular weight excluding hydrogens is 230 g/mol. The summed E-state index contributed by atoms with van der Waals surface area (Å²) in [5.41, 5.74) is 3.24. The van der Waals surface area contributed by atoms with Crippen LogP contribution in [0.25, 0.3) is 22.3 Å². The second kappa shape index (κ2) is 3.76. The normalized spacial score (nSPS) is 11.0. The lowest BCUT2D eigenvalue weighted by Crippen LogP contribution is -2.10. The van der Waals surface area contributed by atoms with Crippen LogP contribution in [0.1, 0.15) is 11.1 Å². The largest absolute Gasteiger partial charge is 0.321 e. The first-order chi connectivity index (χ1) is 8.65. The minimum atomic E-state index is -0.212. The molecule has 0 aliphatic rings. The van der Waals surface area contributed by atoms with Crippen LogP contribution in [0.4, 0.5) is 0 Å². The fraction of sp³-hybridized carbons (Fsp3) is 0.167. The van der Waals surface area contributed by atoms with Gasteiger partial charge in [0.1, 0.15) is 0 Å². The highest BCUT2D eigenvalue weighted by Gasteiger charge is 2.10. The van der Waals surface area contributed by atoms with Crippen molar-refractivity contribution in [3.05, 3.63) is 39.7 Å². The highest BCUT2D eigenvalue weighted by molar-refractivity contribution is 5.85. The van der Waals surface area contributed by atoms with Crippen LogP contribution in [0.3, 0.4) is 0 Å². The first-order valence-electron chi connectivity index (χ1n) is 5.53. The molecule has 0 saturated carbocycles. The van der Waals surface area contributed by atoms with Crippen molar-refractivity contribution in [1.29, 1.82) is 0 Å². The number of rotatable bonds is 1. The van der Waals surface area contributed by atoms with E-state index in [1.165, 1.54) is 0 Å². The molecule has 6 heteroatoms. The minimum Gasteiger partial charge on any atom is -0.321 e. The van der Waals surface area contributed by atoms with Crippen molar-refractivity contribution in [1.82, 2.24) is 25.6 Å². The third-order valence-electron chi connectivity index (χ3n) is 2.88. The smallest absolute Gasteiger partial charge is 0.259 e. The van der Waals surface area contributed by atoms with Gasteiger partial charge in [0.2, 0.25) is 5.82 Å². The van der Waals surface area contributed by atoms with Crippen LogP contribution in [-0.4, -0.2) is 25.6 Å². The predicted molar refractivity (Wildman–Crippen MR) is 67.2 cm³/mol. The fourth-order valence-electron chi connectivity index (χ4n) is 2.13. The number of tetrazole rings is 1.